The maximum Gasteiger partial charge on any atom is 0.228 e. The van der Waals surface area contributed by atoms with Crippen LogP contribution in [0.5, 0.6) is 0 Å². The lowest BCUT2D eigenvalue weighted by Gasteiger charge is -2.38. The minimum atomic E-state index is -0.292. The molecule has 1 aromatic rings. The molecule has 3 rings (SSSR count). The lowest BCUT2D eigenvalue weighted by Crippen LogP contribution is -2.54. The zero-order valence-electron chi connectivity index (χ0n) is 16.7. The minimum absolute atomic E-state index is 0.00283. The first-order valence-corrected chi connectivity index (χ1v) is 10.6. The van der Waals surface area contributed by atoms with Crippen molar-refractivity contribution in [3.63, 3.8) is 0 Å². The summed E-state index contributed by atoms with van der Waals surface area (Å²) in [6.45, 7) is 9.17. The van der Waals surface area contributed by atoms with Gasteiger partial charge >= 0.3 is 0 Å². The van der Waals surface area contributed by atoms with E-state index in [4.69, 9.17) is 0 Å². The third-order valence-electron chi connectivity index (χ3n) is 5.71. The number of rotatable bonds is 4. The van der Waals surface area contributed by atoms with Crippen LogP contribution >= 0.6 is 15.9 Å². The third kappa shape index (κ3) is 4.23. The average molecular weight is 447 g/mol. The second-order valence-electron chi connectivity index (χ2n) is 8.02. The summed E-state index contributed by atoms with van der Waals surface area (Å²) >= 11 is 3.48. The Hall–Kier alpha value is -1.91. The molecule has 6 nitrogen and oxygen atoms in total. The number of halogens is 1. The molecule has 7 heteroatoms. The normalized spacial score (nSPS) is 21.9. The maximum absolute atomic E-state index is 13.0. The number of anilines is 1. The van der Waals surface area contributed by atoms with Gasteiger partial charge in [0.2, 0.25) is 11.8 Å². The fourth-order valence-corrected chi connectivity index (χ4v) is 4.30. The van der Waals surface area contributed by atoms with Crippen molar-refractivity contribution in [1.82, 2.24) is 9.80 Å². The van der Waals surface area contributed by atoms with Crippen LogP contribution in [0.4, 0.5) is 5.69 Å². The fraction of sp³-hybridized carbons (Fsp3) is 0.571. The smallest absolute Gasteiger partial charge is 0.228 e. The van der Waals surface area contributed by atoms with E-state index in [0.29, 0.717) is 32.7 Å². The van der Waals surface area contributed by atoms with Crippen molar-refractivity contribution in [3.05, 3.63) is 28.2 Å². The minimum Gasteiger partial charge on any atom is -0.340 e. The number of amides is 2. The summed E-state index contributed by atoms with van der Waals surface area (Å²) in [5.74, 6) is 0.0351. The first-order valence-electron chi connectivity index (χ1n) is 9.80. The first-order chi connectivity index (χ1) is 13.3. The topological polar surface area (TPSA) is 67.7 Å². The predicted octanol–water partition coefficient (Wildman–Crippen LogP) is 2.80. The van der Waals surface area contributed by atoms with Crippen molar-refractivity contribution in [3.8, 4) is 6.07 Å². The molecule has 2 amide bonds. The third-order valence-corrected chi connectivity index (χ3v) is 6.60. The number of hydrogen-bond acceptors (Lipinski definition) is 4. The molecule has 2 saturated heterocycles. The van der Waals surface area contributed by atoms with E-state index in [-0.39, 0.29) is 36.1 Å². The van der Waals surface area contributed by atoms with Gasteiger partial charge in [0, 0.05) is 49.3 Å². The van der Waals surface area contributed by atoms with Gasteiger partial charge in [-0.3, -0.25) is 14.5 Å². The summed E-state index contributed by atoms with van der Waals surface area (Å²) in [5, 5.41) is 9.38. The first kappa shape index (κ1) is 20.8. The standard InChI is InChI=1S/C21H27BrN4O2/c1-14(2)19(12-23)24-6-8-25(9-7-24)21(28)16-11-20(27)26(13-16)17-4-5-18(22)15(3)10-17/h4-5,10,14,16,19H,6-9,11,13H2,1-3H3. The van der Waals surface area contributed by atoms with Crippen molar-refractivity contribution in [2.45, 2.75) is 33.2 Å². The summed E-state index contributed by atoms with van der Waals surface area (Å²) in [5.41, 5.74) is 1.91. The number of nitriles is 1. The number of piperazine rings is 1. The van der Waals surface area contributed by atoms with Crippen LogP contribution in [0.3, 0.4) is 0 Å². The van der Waals surface area contributed by atoms with Crippen LogP contribution in [0, 0.1) is 30.1 Å². The molecule has 1 aromatic carbocycles. The molecule has 2 heterocycles. The largest absolute Gasteiger partial charge is 0.340 e. The highest BCUT2D eigenvalue weighted by Crippen LogP contribution is 2.29. The van der Waals surface area contributed by atoms with Crippen molar-refractivity contribution in [2.24, 2.45) is 11.8 Å². The Kier molecular flexibility index (Phi) is 6.41. The second-order valence-corrected chi connectivity index (χ2v) is 8.87. The van der Waals surface area contributed by atoms with Gasteiger partial charge in [-0.2, -0.15) is 5.26 Å². The molecule has 150 valence electrons. The molecular weight excluding hydrogens is 420 g/mol. The number of hydrogen-bond donors (Lipinski definition) is 0. The molecule has 0 radical (unpaired) electrons. The average Bonchev–Trinajstić information content (AvgIpc) is 3.06. The Labute approximate surface area is 175 Å². The van der Waals surface area contributed by atoms with Crippen LogP contribution in [0.15, 0.2) is 22.7 Å². The van der Waals surface area contributed by atoms with E-state index in [0.717, 1.165) is 15.7 Å². The summed E-state index contributed by atoms with van der Waals surface area (Å²) in [6.07, 6.45) is 0.265. The molecule has 28 heavy (non-hydrogen) atoms. The van der Waals surface area contributed by atoms with Crippen molar-refractivity contribution < 1.29 is 9.59 Å². The van der Waals surface area contributed by atoms with Crippen molar-refractivity contribution in [2.75, 3.05) is 37.6 Å². The molecular formula is C21H27BrN4O2. The van der Waals surface area contributed by atoms with Gasteiger partial charge in [0.1, 0.15) is 6.04 Å². The van der Waals surface area contributed by atoms with E-state index < -0.39 is 0 Å². The van der Waals surface area contributed by atoms with E-state index >= 15 is 0 Å². The maximum atomic E-state index is 13.0. The lowest BCUT2D eigenvalue weighted by atomic mass is 10.0. The van der Waals surface area contributed by atoms with Crippen LogP contribution in [-0.2, 0) is 9.59 Å². The molecule has 2 atom stereocenters. The van der Waals surface area contributed by atoms with Gasteiger partial charge in [0.05, 0.1) is 12.0 Å². The van der Waals surface area contributed by atoms with Gasteiger partial charge in [-0.25, -0.2) is 0 Å². The van der Waals surface area contributed by atoms with E-state index in [1.165, 1.54) is 0 Å². The van der Waals surface area contributed by atoms with Gasteiger partial charge in [-0.1, -0.05) is 29.8 Å². The number of aryl methyl sites for hydroxylation is 1. The zero-order chi connectivity index (χ0) is 20.4. The quantitative estimate of drug-likeness (QED) is 0.712. The molecule has 2 unspecified atom stereocenters. The molecule has 0 aromatic heterocycles. The van der Waals surface area contributed by atoms with Gasteiger partial charge in [-0.05, 0) is 36.6 Å². The van der Waals surface area contributed by atoms with Gasteiger partial charge in [0.25, 0.3) is 0 Å². The van der Waals surface area contributed by atoms with Crippen molar-refractivity contribution in [1.29, 1.82) is 5.26 Å². The predicted molar refractivity (Wildman–Crippen MR) is 112 cm³/mol. The number of carbonyl (C=O) groups is 2. The summed E-state index contributed by atoms with van der Waals surface area (Å²) in [6, 6.07) is 8.09. The van der Waals surface area contributed by atoms with E-state index in [1.807, 2.05) is 43.9 Å². The highest BCUT2D eigenvalue weighted by Gasteiger charge is 2.38. The van der Waals surface area contributed by atoms with Gasteiger partial charge < -0.3 is 9.80 Å². The summed E-state index contributed by atoms with van der Waals surface area (Å²) in [7, 11) is 0. The monoisotopic (exact) mass is 446 g/mol. The molecule has 0 N–H and O–H groups in total. The summed E-state index contributed by atoms with van der Waals surface area (Å²) < 4.78 is 1.01. The van der Waals surface area contributed by atoms with Crippen molar-refractivity contribution >= 4 is 33.4 Å². The molecule has 0 saturated carbocycles. The Morgan fingerprint density at radius 1 is 1.25 bits per heavy atom. The van der Waals surface area contributed by atoms with Crippen LogP contribution in [0.25, 0.3) is 0 Å². The number of nitrogens with zero attached hydrogens (tertiary/aromatic N) is 4. The Morgan fingerprint density at radius 2 is 1.93 bits per heavy atom. The van der Waals surface area contributed by atoms with Crippen LogP contribution in [-0.4, -0.2) is 60.4 Å². The van der Waals surface area contributed by atoms with E-state index in [2.05, 4.69) is 26.9 Å². The molecule has 0 bridgehead atoms. The van der Waals surface area contributed by atoms with Crippen LogP contribution in [0.2, 0.25) is 0 Å². The zero-order valence-corrected chi connectivity index (χ0v) is 18.3. The van der Waals surface area contributed by atoms with Crippen LogP contribution < -0.4 is 4.90 Å². The van der Waals surface area contributed by atoms with E-state index in [1.54, 1.807) is 4.90 Å². The fourth-order valence-electron chi connectivity index (χ4n) is 4.05. The number of carbonyl (C=O) groups excluding carboxylic acids is 2. The molecule has 0 spiro atoms. The SMILES string of the molecule is Cc1cc(N2CC(C(=O)N3CCN(C(C#N)C(C)C)CC3)CC2=O)ccc1Br. The molecule has 0 aliphatic carbocycles. The number of benzene rings is 1. The Balaban J connectivity index is 1.61. The Morgan fingerprint density at radius 3 is 2.50 bits per heavy atom. The van der Waals surface area contributed by atoms with Gasteiger partial charge in [-0.15, -0.1) is 0 Å². The molecule has 2 aliphatic heterocycles. The Bertz CT molecular complexity index is 796. The highest BCUT2D eigenvalue weighted by atomic mass is 79.9. The summed E-state index contributed by atoms with van der Waals surface area (Å²) in [4.78, 5) is 31.2. The van der Waals surface area contributed by atoms with Gasteiger partial charge in [0.15, 0.2) is 0 Å². The molecule has 2 aliphatic rings. The van der Waals surface area contributed by atoms with E-state index in [9.17, 15) is 14.9 Å². The highest BCUT2D eigenvalue weighted by molar-refractivity contribution is 9.10. The van der Waals surface area contributed by atoms with Crippen LogP contribution in [0.1, 0.15) is 25.8 Å². The lowest BCUT2D eigenvalue weighted by molar-refractivity contribution is -0.137. The second kappa shape index (κ2) is 8.62. The molecule has 2 fully saturated rings.